The number of fused-ring (bicyclic) bond motifs is 1. The molecular weight excluding hydrogens is 415 g/mol. The van der Waals surface area contributed by atoms with Crippen molar-refractivity contribution < 1.29 is 31.5 Å². The van der Waals surface area contributed by atoms with E-state index in [1.54, 1.807) is 30.3 Å². The Hall–Kier alpha value is -4.01. The molecule has 158 valence electrons. The Balaban J connectivity index is 1.63. The van der Waals surface area contributed by atoms with Crippen molar-refractivity contribution in [1.29, 1.82) is 0 Å². The van der Waals surface area contributed by atoms with Crippen LogP contribution in [0.4, 0.5) is 18.9 Å². The maximum Gasteiger partial charge on any atom is 0.418 e. The second-order valence-corrected chi connectivity index (χ2v) is 6.44. The number of furan rings is 1. The van der Waals surface area contributed by atoms with Gasteiger partial charge in [-0.3, -0.25) is 9.59 Å². The summed E-state index contributed by atoms with van der Waals surface area (Å²) in [5.74, 6) is -1.000. The van der Waals surface area contributed by atoms with Gasteiger partial charge in [0.25, 0.3) is 5.91 Å². The normalized spacial score (nSPS) is 11.5. The molecule has 0 radical (unpaired) electrons. The third-order valence-corrected chi connectivity index (χ3v) is 4.36. The smallest absolute Gasteiger partial charge is 0.418 e. The first-order chi connectivity index (χ1) is 14.8. The number of rotatable bonds is 5. The van der Waals surface area contributed by atoms with E-state index < -0.39 is 35.4 Å². The predicted molar refractivity (Wildman–Crippen MR) is 106 cm³/mol. The summed E-state index contributed by atoms with van der Waals surface area (Å²) in [5.41, 5.74) is -1.67. The van der Waals surface area contributed by atoms with Crippen molar-refractivity contribution in [3.63, 3.8) is 0 Å². The Morgan fingerprint density at radius 2 is 1.74 bits per heavy atom. The van der Waals surface area contributed by atoms with Gasteiger partial charge < -0.3 is 18.9 Å². The number of ether oxygens (including phenoxy) is 1. The summed E-state index contributed by atoms with van der Waals surface area (Å²) in [7, 11) is 0. The number of hydrogen-bond acceptors (Lipinski definition) is 5. The minimum Gasteiger partial charge on any atom is -0.476 e. The second-order valence-electron chi connectivity index (χ2n) is 6.44. The van der Waals surface area contributed by atoms with E-state index in [0.717, 1.165) is 12.1 Å². The fourth-order valence-electron chi connectivity index (χ4n) is 2.99. The lowest BCUT2D eigenvalue weighted by molar-refractivity contribution is -0.137. The third kappa shape index (κ3) is 4.16. The highest BCUT2D eigenvalue weighted by molar-refractivity contribution is 5.93. The first-order valence-electron chi connectivity index (χ1n) is 9.03. The minimum absolute atomic E-state index is 0.0304. The van der Waals surface area contributed by atoms with Crippen LogP contribution in [0.5, 0.6) is 5.75 Å². The highest BCUT2D eigenvalue weighted by atomic mass is 19.4. The van der Waals surface area contributed by atoms with E-state index in [9.17, 15) is 22.8 Å². The molecule has 4 aromatic rings. The number of carbonyl (C=O) groups is 1. The molecule has 9 heteroatoms. The Labute approximate surface area is 172 Å². The zero-order valence-corrected chi connectivity index (χ0v) is 15.7. The monoisotopic (exact) mass is 429 g/mol. The van der Waals surface area contributed by atoms with Gasteiger partial charge in [0.05, 0.1) is 22.9 Å². The molecule has 0 saturated heterocycles. The number of nitrogens with one attached hydrogen (secondary N) is 1. The van der Waals surface area contributed by atoms with Crippen molar-refractivity contribution in [2.45, 2.75) is 6.18 Å². The lowest BCUT2D eigenvalue weighted by Crippen LogP contribution is -2.24. The van der Waals surface area contributed by atoms with Gasteiger partial charge in [-0.2, -0.15) is 13.2 Å². The number of benzene rings is 2. The van der Waals surface area contributed by atoms with Gasteiger partial charge in [0.2, 0.25) is 16.9 Å². The average Bonchev–Trinajstić information content (AvgIpc) is 3.27. The van der Waals surface area contributed by atoms with E-state index in [4.69, 9.17) is 13.6 Å². The molecule has 0 aliphatic carbocycles. The molecule has 31 heavy (non-hydrogen) atoms. The van der Waals surface area contributed by atoms with Crippen molar-refractivity contribution in [2.75, 3.05) is 11.9 Å². The Kier molecular flexibility index (Phi) is 5.24. The topological polar surface area (TPSA) is 81.7 Å². The molecule has 2 aromatic heterocycles. The second kappa shape index (κ2) is 8.02. The quantitative estimate of drug-likeness (QED) is 0.478. The highest BCUT2D eigenvalue weighted by Gasteiger charge is 2.33. The Bertz CT molecular complexity index is 1290. The van der Waals surface area contributed by atoms with E-state index in [-0.39, 0.29) is 28.2 Å². The van der Waals surface area contributed by atoms with Gasteiger partial charge in [-0.05, 0) is 36.4 Å². The summed E-state index contributed by atoms with van der Waals surface area (Å²) in [6.07, 6.45) is -3.27. The first kappa shape index (κ1) is 20.3. The van der Waals surface area contributed by atoms with Crippen LogP contribution < -0.4 is 15.5 Å². The Morgan fingerprint density at radius 1 is 1.00 bits per heavy atom. The molecule has 2 aromatic carbocycles. The molecule has 0 aliphatic heterocycles. The standard InChI is InChI=1S/C22H14F3NO5/c23-22(24,25)14-7-2-3-8-15(14)26-18(27)12-30-21-19(28)13-6-1-4-9-16(13)31-20(21)17-10-5-11-29-17/h1-11H,12H2,(H,26,27). The number of alkyl halides is 3. The predicted octanol–water partition coefficient (Wildman–Crippen LogP) is 5.09. The van der Waals surface area contributed by atoms with Crippen molar-refractivity contribution in [3.05, 3.63) is 82.7 Å². The van der Waals surface area contributed by atoms with Crippen molar-refractivity contribution >= 4 is 22.6 Å². The van der Waals surface area contributed by atoms with E-state index in [1.165, 1.54) is 24.5 Å². The number of carbonyl (C=O) groups excluding carboxylic acids is 1. The van der Waals surface area contributed by atoms with Crippen LogP contribution in [-0.2, 0) is 11.0 Å². The molecule has 0 atom stereocenters. The Morgan fingerprint density at radius 3 is 2.48 bits per heavy atom. The van der Waals surface area contributed by atoms with Crippen LogP contribution in [0.2, 0.25) is 0 Å². The summed E-state index contributed by atoms with van der Waals surface area (Å²) >= 11 is 0. The van der Waals surface area contributed by atoms with Crippen LogP contribution in [0, 0.1) is 0 Å². The molecule has 2 heterocycles. The van der Waals surface area contributed by atoms with E-state index >= 15 is 0 Å². The number of hydrogen-bond donors (Lipinski definition) is 1. The number of para-hydroxylation sites is 2. The van der Waals surface area contributed by atoms with Gasteiger partial charge >= 0.3 is 6.18 Å². The van der Waals surface area contributed by atoms with Gasteiger partial charge in [0.1, 0.15) is 5.58 Å². The lowest BCUT2D eigenvalue weighted by Gasteiger charge is -2.14. The molecule has 0 unspecified atom stereocenters. The molecule has 4 rings (SSSR count). The molecular formula is C22H14F3NO5. The van der Waals surface area contributed by atoms with Gasteiger partial charge in [0, 0.05) is 0 Å². The largest absolute Gasteiger partial charge is 0.476 e. The summed E-state index contributed by atoms with van der Waals surface area (Å²) in [6, 6.07) is 14.1. The van der Waals surface area contributed by atoms with E-state index in [0.29, 0.717) is 0 Å². The molecule has 1 amide bonds. The van der Waals surface area contributed by atoms with Crippen LogP contribution in [0.1, 0.15) is 5.56 Å². The van der Waals surface area contributed by atoms with Gasteiger partial charge in [0.15, 0.2) is 12.4 Å². The molecule has 0 bridgehead atoms. The molecule has 0 aliphatic rings. The van der Waals surface area contributed by atoms with E-state index in [1.807, 2.05) is 0 Å². The molecule has 0 spiro atoms. The molecule has 0 fully saturated rings. The van der Waals surface area contributed by atoms with Crippen LogP contribution >= 0.6 is 0 Å². The zero-order chi connectivity index (χ0) is 22.0. The zero-order valence-electron chi connectivity index (χ0n) is 15.7. The van der Waals surface area contributed by atoms with Gasteiger partial charge in [-0.25, -0.2) is 0 Å². The van der Waals surface area contributed by atoms with Crippen molar-refractivity contribution in [2.24, 2.45) is 0 Å². The van der Waals surface area contributed by atoms with Crippen LogP contribution in [-0.4, -0.2) is 12.5 Å². The average molecular weight is 429 g/mol. The van der Waals surface area contributed by atoms with Crippen LogP contribution in [0.25, 0.3) is 22.5 Å². The fourth-order valence-corrected chi connectivity index (χ4v) is 2.99. The SMILES string of the molecule is O=C(COc1c(-c2ccco2)oc2ccccc2c1=O)Nc1ccccc1C(F)(F)F. The number of anilines is 1. The summed E-state index contributed by atoms with van der Waals surface area (Å²) in [6.45, 7) is -0.719. The van der Waals surface area contributed by atoms with Crippen molar-refractivity contribution in [1.82, 2.24) is 0 Å². The van der Waals surface area contributed by atoms with Gasteiger partial charge in [-0.1, -0.05) is 24.3 Å². The molecule has 0 saturated carbocycles. The van der Waals surface area contributed by atoms with Crippen LogP contribution in [0.15, 0.2) is 80.6 Å². The molecule has 1 N–H and O–H groups in total. The summed E-state index contributed by atoms with van der Waals surface area (Å²) in [5, 5.41) is 2.38. The van der Waals surface area contributed by atoms with Crippen LogP contribution in [0.3, 0.4) is 0 Å². The van der Waals surface area contributed by atoms with Gasteiger partial charge in [-0.15, -0.1) is 0 Å². The van der Waals surface area contributed by atoms with Crippen molar-refractivity contribution in [3.8, 4) is 17.3 Å². The number of amides is 1. The summed E-state index contributed by atoms with van der Waals surface area (Å²) < 4.78 is 55.8. The fraction of sp³-hybridized carbons (Fsp3) is 0.0909. The highest BCUT2D eigenvalue weighted by Crippen LogP contribution is 2.35. The maximum absolute atomic E-state index is 13.1. The summed E-state index contributed by atoms with van der Waals surface area (Å²) in [4.78, 5) is 25.2. The third-order valence-electron chi connectivity index (χ3n) is 4.36. The number of halogens is 3. The maximum atomic E-state index is 13.1. The molecule has 6 nitrogen and oxygen atoms in total. The lowest BCUT2D eigenvalue weighted by atomic mass is 10.1. The van der Waals surface area contributed by atoms with E-state index in [2.05, 4.69) is 5.32 Å². The first-order valence-corrected chi connectivity index (χ1v) is 9.03. The minimum atomic E-state index is -4.64.